The lowest BCUT2D eigenvalue weighted by Crippen LogP contribution is -2.43. The van der Waals surface area contributed by atoms with E-state index < -0.39 is 10.0 Å². The van der Waals surface area contributed by atoms with E-state index in [2.05, 4.69) is 9.62 Å². The highest BCUT2D eigenvalue weighted by Gasteiger charge is 2.24. The van der Waals surface area contributed by atoms with E-state index in [1.807, 2.05) is 60.7 Å². The minimum absolute atomic E-state index is 0.286. The normalized spacial score (nSPS) is 16.9. The molecule has 0 unspecified atom stereocenters. The molecule has 28 heavy (non-hydrogen) atoms. The molecule has 1 N–H and O–H groups in total. The van der Waals surface area contributed by atoms with E-state index >= 15 is 0 Å². The standard InChI is InChI=1S/C22H24N2O3S/c25-28(26,21-11-10-18-6-4-5-9-20(18)16-21)23-22(19-7-2-1-3-8-19)17-24-12-14-27-15-13-24/h1-11,16,22-23H,12-15,17H2/t22-/m1/s1. The van der Waals surface area contributed by atoms with Crippen molar-refractivity contribution < 1.29 is 13.2 Å². The Bertz CT molecular complexity index is 1030. The molecule has 0 radical (unpaired) electrons. The van der Waals surface area contributed by atoms with Crippen LogP contribution >= 0.6 is 0 Å². The van der Waals surface area contributed by atoms with Crippen LogP contribution in [0.3, 0.4) is 0 Å². The number of hydrogen-bond donors (Lipinski definition) is 1. The van der Waals surface area contributed by atoms with Crippen LogP contribution in [0.2, 0.25) is 0 Å². The molecule has 1 aliphatic heterocycles. The van der Waals surface area contributed by atoms with Gasteiger partial charge in [0.05, 0.1) is 24.2 Å². The van der Waals surface area contributed by atoms with Gasteiger partial charge < -0.3 is 4.74 Å². The van der Waals surface area contributed by atoms with Gasteiger partial charge in [-0.3, -0.25) is 4.90 Å². The van der Waals surface area contributed by atoms with Crippen molar-refractivity contribution in [2.45, 2.75) is 10.9 Å². The van der Waals surface area contributed by atoms with E-state index in [1.54, 1.807) is 12.1 Å². The zero-order valence-corrected chi connectivity index (χ0v) is 16.4. The Morgan fingerprint density at radius 2 is 1.57 bits per heavy atom. The highest BCUT2D eigenvalue weighted by Crippen LogP contribution is 2.22. The molecule has 1 aliphatic rings. The Hall–Kier alpha value is -2.25. The van der Waals surface area contributed by atoms with Crippen LogP contribution in [0.1, 0.15) is 11.6 Å². The number of rotatable bonds is 6. The van der Waals surface area contributed by atoms with Crippen LogP contribution in [0, 0.1) is 0 Å². The molecular formula is C22H24N2O3S. The molecule has 3 aromatic rings. The largest absolute Gasteiger partial charge is 0.379 e. The van der Waals surface area contributed by atoms with Gasteiger partial charge in [0.2, 0.25) is 10.0 Å². The summed E-state index contributed by atoms with van der Waals surface area (Å²) in [4.78, 5) is 2.53. The van der Waals surface area contributed by atoms with Crippen molar-refractivity contribution in [3.63, 3.8) is 0 Å². The van der Waals surface area contributed by atoms with Crippen molar-refractivity contribution >= 4 is 20.8 Å². The average molecular weight is 397 g/mol. The van der Waals surface area contributed by atoms with Crippen LogP contribution in [0.5, 0.6) is 0 Å². The van der Waals surface area contributed by atoms with E-state index in [-0.39, 0.29) is 10.9 Å². The molecular weight excluding hydrogens is 372 g/mol. The molecule has 0 bridgehead atoms. The highest BCUT2D eigenvalue weighted by atomic mass is 32.2. The topological polar surface area (TPSA) is 58.6 Å². The van der Waals surface area contributed by atoms with E-state index in [0.29, 0.717) is 19.8 Å². The number of nitrogens with zero attached hydrogens (tertiary/aromatic N) is 1. The van der Waals surface area contributed by atoms with Gasteiger partial charge >= 0.3 is 0 Å². The number of nitrogens with one attached hydrogen (secondary N) is 1. The first kappa shape index (κ1) is 19.1. The highest BCUT2D eigenvalue weighted by molar-refractivity contribution is 7.89. The zero-order valence-electron chi connectivity index (χ0n) is 15.6. The first-order chi connectivity index (χ1) is 13.6. The smallest absolute Gasteiger partial charge is 0.241 e. The number of benzene rings is 3. The summed E-state index contributed by atoms with van der Waals surface area (Å²) < 4.78 is 34.6. The third kappa shape index (κ3) is 4.42. The SMILES string of the molecule is O=S(=O)(N[C@H](CN1CCOCC1)c1ccccc1)c1ccc2ccccc2c1. The van der Waals surface area contributed by atoms with Crippen molar-refractivity contribution in [2.75, 3.05) is 32.8 Å². The van der Waals surface area contributed by atoms with Crippen molar-refractivity contribution in [2.24, 2.45) is 0 Å². The van der Waals surface area contributed by atoms with Crippen LogP contribution in [0.25, 0.3) is 10.8 Å². The molecule has 0 amide bonds. The maximum Gasteiger partial charge on any atom is 0.241 e. The van der Waals surface area contributed by atoms with Gasteiger partial charge in [0.1, 0.15) is 0 Å². The first-order valence-electron chi connectivity index (χ1n) is 9.48. The van der Waals surface area contributed by atoms with Crippen molar-refractivity contribution in [3.05, 3.63) is 78.4 Å². The summed E-state index contributed by atoms with van der Waals surface area (Å²) in [6.07, 6.45) is 0. The number of morpholine rings is 1. The van der Waals surface area contributed by atoms with Gasteiger partial charge in [-0.25, -0.2) is 13.1 Å². The van der Waals surface area contributed by atoms with Crippen molar-refractivity contribution in [3.8, 4) is 0 Å². The van der Waals surface area contributed by atoms with Crippen molar-refractivity contribution in [1.29, 1.82) is 0 Å². The number of ether oxygens (including phenoxy) is 1. The number of hydrogen-bond acceptors (Lipinski definition) is 4. The Labute approximate surface area is 166 Å². The molecule has 0 aromatic heterocycles. The predicted molar refractivity (Wildman–Crippen MR) is 111 cm³/mol. The molecule has 146 valence electrons. The van der Waals surface area contributed by atoms with Gasteiger partial charge in [0.25, 0.3) is 0 Å². The summed E-state index contributed by atoms with van der Waals surface area (Å²) in [5.41, 5.74) is 0.957. The molecule has 0 saturated carbocycles. The summed E-state index contributed by atoms with van der Waals surface area (Å²) in [6.45, 7) is 3.58. The molecule has 1 fully saturated rings. The molecule has 5 nitrogen and oxygen atoms in total. The minimum atomic E-state index is -3.66. The lowest BCUT2D eigenvalue weighted by atomic mass is 10.1. The summed E-state index contributed by atoms with van der Waals surface area (Å²) in [6, 6.07) is 22.4. The molecule has 6 heteroatoms. The number of sulfonamides is 1. The lowest BCUT2D eigenvalue weighted by molar-refractivity contribution is 0.0345. The monoisotopic (exact) mass is 396 g/mol. The van der Waals surface area contributed by atoms with Crippen LogP contribution in [-0.4, -0.2) is 46.2 Å². The Morgan fingerprint density at radius 3 is 2.32 bits per heavy atom. The van der Waals surface area contributed by atoms with Crippen LogP contribution in [-0.2, 0) is 14.8 Å². The van der Waals surface area contributed by atoms with Gasteiger partial charge in [0, 0.05) is 19.6 Å². The zero-order chi connectivity index (χ0) is 19.4. The second kappa shape index (κ2) is 8.41. The molecule has 0 aliphatic carbocycles. The molecule has 0 spiro atoms. The lowest BCUT2D eigenvalue weighted by Gasteiger charge is -2.31. The quantitative estimate of drug-likeness (QED) is 0.695. The maximum atomic E-state index is 13.1. The molecule has 4 rings (SSSR count). The fourth-order valence-electron chi connectivity index (χ4n) is 3.53. The molecule has 3 aromatic carbocycles. The van der Waals surface area contributed by atoms with Crippen LogP contribution in [0.4, 0.5) is 0 Å². The van der Waals surface area contributed by atoms with E-state index in [4.69, 9.17) is 4.74 Å². The Kier molecular flexibility index (Phi) is 5.73. The second-order valence-electron chi connectivity index (χ2n) is 7.01. The Balaban J connectivity index is 1.61. The molecule has 1 atom stereocenters. The van der Waals surface area contributed by atoms with E-state index in [9.17, 15) is 8.42 Å². The maximum absolute atomic E-state index is 13.1. The van der Waals surface area contributed by atoms with Crippen LogP contribution in [0.15, 0.2) is 77.7 Å². The molecule has 1 saturated heterocycles. The average Bonchev–Trinajstić information content (AvgIpc) is 2.74. The summed E-state index contributed by atoms with van der Waals surface area (Å²) in [5, 5.41) is 1.93. The third-order valence-electron chi connectivity index (χ3n) is 5.08. The third-order valence-corrected chi connectivity index (χ3v) is 6.54. The fourth-order valence-corrected chi connectivity index (χ4v) is 4.78. The molecule has 1 heterocycles. The summed E-state index contributed by atoms with van der Waals surface area (Å²) in [5.74, 6) is 0. The van der Waals surface area contributed by atoms with Crippen LogP contribution < -0.4 is 4.72 Å². The summed E-state index contributed by atoms with van der Waals surface area (Å²) >= 11 is 0. The van der Waals surface area contributed by atoms with E-state index in [0.717, 1.165) is 29.4 Å². The number of fused-ring (bicyclic) bond motifs is 1. The Morgan fingerprint density at radius 1 is 0.893 bits per heavy atom. The first-order valence-corrected chi connectivity index (χ1v) is 11.0. The van der Waals surface area contributed by atoms with Gasteiger partial charge in [-0.15, -0.1) is 0 Å². The summed E-state index contributed by atoms with van der Waals surface area (Å²) in [7, 11) is -3.66. The van der Waals surface area contributed by atoms with Gasteiger partial charge in [-0.05, 0) is 28.5 Å². The van der Waals surface area contributed by atoms with E-state index in [1.165, 1.54) is 0 Å². The fraction of sp³-hybridized carbons (Fsp3) is 0.273. The predicted octanol–water partition coefficient (Wildman–Crippen LogP) is 3.19. The van der Waals surface area contributed by atoms with Crippen molar-refractivity contribution in [1.82, 2.24) is 9.62 Å². The second-order valence-corrected chi connectivity index (χ2v) is 8.72. The van der Waals surface area contributed by atoms with Gasteiger partial charge in [-0.2, -0.15) is 0 Å². The van der Waals surface area contributed by atoms with Gasteiger partial charge in [-0.1, -0.05) is 60.7 Å². The minimum Gasteiger partial charge on any atom is -0.379 e. The van der Waals surface area contributed by atoms with Gasteiger partial charge in [0.15, 0.2) is 0 Å².